The molecule has 0 atom stereocenters. The van der Waals surface area contributed by atoms with Crippen LogP contribution in [0, 0.1) is 12.7 Å². The lowest BCUT2D eigenvalue weighted by Crippen LogP contribution is -2.39. The van der Waals surface area contributed by atoms with E-state index in [2.05, 4.69) is 0 Å². The Morgan fingerprint density at radius 1 is 1.40 bits per heavy atom. The zero-order valence-corrected chi connectivity index (χ0v) is 12.4. The summed E-state index contributed by atoms with van der Waals surface area (Å²) in [5.74, 6) is -0.531. The second-order valence-corrected chi connectivity index (χ2v) is 5.96. The minimum atomic E-state index is -0.689. The maximum atomic E-state index is 13.6. The maximum Gasteiger partial charge on any atom is 0.161 e. The number of likely N-dealkylation sites (N-methyl/N-ethyl adjacent to an activating group) is 1. The molecule has 0 radical (unpaired) electrons. The molecular formula is C16H22FNO2. The SMILES string of the molecule is CC(=O)c1cc(F)c(C)cc1N(C)CC1(O)CCCC1. The van der Waals surface area contributed by atoms with Crippen LogP contribution in [0.3, 0.4) is 0 Å². The molecule has 3 nitrogen and oxygen atoms in total. The summed E-state index contributed by atoms with van der Waals surface area (Å²) in [5.41, 5.74) is 0.884. The molecule has 0 aromatic heterocycles. The number of aryl methyl sites for hydroxylation is 1. The number of rotatable bonds is 4. The van der Waals surface area contributed by atoms with Crippen LogP contribution in [0.2, 0.25) is 0 Å². The molecule has 1 aliphatic rings. The Bertz CT molecular complexity index is 521. The monoisotopic (exact) mass is 279 g/mol. The van der Waals surface area contributed by atoms with Crippen molar-refractivity contribution in [2.45, 2.75) is 45.1 Å². The van der Waals surface area contributed by atoms with Gasteiger partial charge in [0.05, 0.1) is 5.60 Å². The highest BCUT2D eigenvalue weighted by Crippen LogP contribution is 2.32. The Hall–Kier alpha value is -1.42. The minimum Gasteiger partial charge on any atom is -0.388 e. The number of benzene rings is 1. The number of Topliss-reactive ketones (excluding diaryl/α,β-unsaturated/α-hetero) is 1. The van der Waals surface area contributed by atoms with Crippen LogP contribution in [0.5, 0.6) is 0 Å². The van der Waals surface area contributed by atoms with E-state index in [0.717, 1.165) is 25.7 Å². The van der Waals surface area contributed by atoms with Gasteiger partial charge in [0.15, 0.2) is 5.78 Å². The van der Waals surface area contributed by atoms with Crippen LogP contribution in [0.1, 0.15) is 48.5 Å². The Morgan fingerprint density at radius 2 is 2.00 bits per heavy atom. The summed E-state index contributed by atoms with van der Waals surface area (Å²) in [4.78, 5) is 13.6. The van der Waals surface area contributed by atoms with Gasteiger partial charge in [0, 0.05) is 24.8 Å². The van der Waals surface area contributed by atoms with Gasteiger partial charge in [-0.3, -0.25) is 4.79 Å². The topological polar surface area (TPSA) is 40.5 Å². The predicted octanol–water partition coefficient (Wildman–Crippen LogP) is 3.08. The van der Waals surface area contributed by atoms with Gasteiger partial charge in [-0.2, -0.15) is 0 Å². The van der Waals surface area contributed by atoms with Crippen LogP contribution >= 0.6 is 0 Å². The van der Waals surface area contributed by atoms with Crippen molar-refractivity contribution in [3.05, 3.63) is 29.1 Å². The van der Waals surface area contributed by atoms with E-state index in [9.17, 15) is 14.3 Å². The van der Waals surface area contributed by atoms with Crippen molar-refractivity contribution in [2.75, 3.05) is 18.5 Å². The number of aliphatic hydroxyl groups is 1. The first-order valence-electron chi connectivity index (χ1n) is 7.07. The van der Waals surface area contributed by atoms with Crippen LogP contribution in [-0.4, -0.2) is 30.1 Å². The first kappa shape index (κ1) is 15.0. The summed E-state index contributed by atoms with van der Waals surface area (Å²) >= 11 is 0. The van der Waals surface area contributed by atoms with Crippen molar-refractivity contribution in [3.63, 3.8) is 0 Å². The van der Waals surface area contributed by atoms with E-state index < -0.39 is 5.60 Å². The third-order valence-electron chi connectivity index (χ3n) is 4.13. The van der Waals surface area contributed by atoms with Crippen LogP contribution in [0.25, 0.3) is 0 Å². The van der Waals surface area contributed by atoms with Crippen LogP contribution in [0.4, 0.5) is 10.1 Å². The predicted molar refractivity (Wildman–Crippen MR) is 77.8 cm³/mol. The largest absolute Gasteiger partial charge is 0.388 e. The molecule has 2 rings (SSSR count). The second-order valence-electron chi connectivity index (χ2n) is 5.96. The van der Waals surface area contributed by atoms with Crippen molar-refractivity contribution >= 4 is 11.5 Å². The summed E-state index contributed by atoms with van der Waals surface area (Å²) in [7, 11) is 1.84. The quantitative estimate of drug-likeness (QED) is 0.861. The normalized spacial score (nSPS) is 17.2. The molecule has 0 heterocycles. The van der Waals surface area contributed by atoms with Gasteiger partial charge in [-0.05, 0) is 44.4 Å². The van der Waals surface area contributed by atoms with Gasteiger partial charge >= 0.3 is 0 Å². The highest BCUT2D eigenvalue weighted by molar-refractivity contribution is 5.99. The summed E-state index contributed by atoms with van der Waals surface area (Å²) in [6, 6.07) is 2.98. The molecule has 0 aliphatic heterocycles. The smallest absolute Gasteiger partial charge is 0.161 e. The lowest BCUT2D eigenvalue weighted by molar-refractivity contribution is 0.0558. The molecule has 1 saturated carbocycles. The van der Waals surface area contributed by atoms with E-state index in [1.807, 2.05) is 11.9 Å². The van der Waals surface area contributed by atoms with E-state index in [1.54, 1.807) is 13.0 Å². The fraction of sp³-hybridized carbons (Fsp3) is 0.562. The van der Waals surface area contributed by atoms with Crippen molar-refractivity contribution < 1.29 is 14.3 Å². The van der Waals surface area contributed by atoms with Crippen LogP contribution in [0.15, 0.2) is 12.1 Å². The van der Waals surface area contributed by atoms with Gasteiger partial charge in [-0.1, -0.05) is 12.8 Å². The first-order valence-corrected chi connectivity index (χ1v) is 7.07. The Labute approximate surface area is 119 Å². The van der Waals surface area contributed by atoms with Crippen molar-refractivity contribution in [1.29, 1.82) is 0 Å². The number of carbonyl (C=O) groups excluding carboxylic acids is 1. The molecule has 110 valence electrons. The Balaban J connectivity index is 2.31. The van der Waals surface area contributed by atoms with E-state index in [4.69, 9.17) is 0 Å². The minimum absolute atomic E-state index is 0.163. The number of hydrogen-bond acceptors (Lipinski definition) is 3. The third kappa shape index (κ3) is 3.01. The molecular weight excluding hydrogens is 257 g/mol. The Kier molecular flexibility index (Phi) is 4.14. The molecule has 1 aromatic rings. The maximum absolute atomic E-state index is 13.6. The molecule has 20 heavy (non-hydrogen) atoms. The van der Waals surface area contributed by atoms with Gasteiger partial charge in [-0.25, -0.2) is 4.39 Å². The molecule has 0 spiro atoms. The van der Waals surface area contributed by atoms with Gasteiger partial charge in [0.25, 0.3) is 0 Å². The summed E-state index contributed by atoms with van der Waals surface area (Å²) in [6.45, 7) is 3.59. The van der Waals surface area contributed by atoms with Crippen molar-refractivity contribution in [2.24, 2.45) is 0 Å². The summed E-state index contributed by atoms with van der Waals surface area (Å²) < 4.78 is 13.6. The van der Waals surface area contributed by atoms with Gasteiger partial charge in [0.2, 0.25) is 0 Å². The molecule has 1 fully saturated rings. The van der Waals surface area contributed by atoms with Gasteiger partial charge in [0.1, 0.15) is 5.82 Å². The standard InChI is InChI=1S/C16H22FNO2/c1-11-8-15(13(12(2)19)9-14(11)17)18(3)10-16(20)6-4-5-7-16/h8-9,20H,4-7,10H2,1-3H3. The van der Waals surface area contributed by atoms with E-state index in [1.165, 1.54) is 13.0 Å². The van der Waals surface area contributed by atoms with Crippen molar-refractivity contribution in [3.8, 4) is 0 Å². The average molecular weight is 279 g/mol. The lowest BCUT2D eigenvalue weighted by atomic mass is 10.00. The highest BCUT2D eigenvalue weighted by Gasteiger charge is 2.33. The molecule has 0 unspecified atom stereocenters. The van der Waals surface area contributed by atoms with E-state index in [-0.39, 0.29) is 11.6 Å². The summed E-state index contributed by atoms with van der Waals surface area (Å²) in [6.07, 6.45) is 3.64. The van der Waals surface area contributed by atoms with Crippen molar-refractivity contribution in [1.82, 2.24) is 0 Å². The molecule has 1 aromatic carbocycles. The number of halogens is 1. The van der Waals surface area contributed by atoms with Gasteiger partial charge < -0.3 is 10.0 Å². The first-order chi connectivity index (χ1) is 9.32. The van der Waals surface area contributed by atoms with Crippen LogP contribution in [-0.2, 0) is 0 Å². The zero-order valence-electron chi connectivity index (χ0n) is 12.4. The van der Waals surface area contributed by atoms with E-state index >= 15 is 0 Å². The molecule has 0 saturated heterocycles. The number of hydrogen-bond donors (Lipinski definition) is 1. The molecule has 1 aliphatic carbocycles. The number of carbonyl (C=O) groups is 1. The van der Waals surface area contributed by atoms with Crippen LogP contribution < -0.4 is 4.90 Å². The van der Waals surface area contributed by atoms with E-state index in [0.29, 0.717) is 23.4 Å². The Morgan fingerprint density at radius 3 is 2.55 bits per heavy atom. The lowest BCUT2D eigenvalue weighted by Gasteiger charge is -2.31. The fourth-order valence-corrected chi connectivity index (χ4v) is 2.98. The number of nitrogens with zero attached hydrogens (tertiary/aromatic N) is 1. The summed E-state index contributed by atoms with van der Waals surface area (Å²) in [5, 5.41) is 10.5. The average Bonchev–Trinajstić information content (AvgIpc) is 2.78. The van der Waals surface area contributed by atoms with Gasteiger partial charge in [-0.15, -0.1) is 0 Å². The second kappa shape index (κ2) is 5.52. The molecule has 0 amide bonds. The number of anilines is 1. The zero-order chi connectivity index (χ0) is 14.9. The molecule has 4 heteroatoms. The number of ketones is 1. The third-order valence-corrected chi connectivity index (χ3v) is 4.13. The highest BCUT2D eigenvalue weighted by atomic mass is 19.1. The molecule has 1 N–H and O–H groups in total. The molecule has 0 bridgehead atoms. The fourth-order valence-electron chi connectivity index (χ4n) is 2.98.